The molecule has 1 aliphatic carbocycles. The van der Waals surface area contributed by atoms with Crippen molar-refractivity contribution in [3.8, 4) is 0 Å². The van der Waals surface area contributed by atoms with Crippen LogP contribution in [-0.2, 0) is 0 Å². The van der Waals surface area contributed by atoms with Crippen LogP contribution in [0.4, 0.5) is 0 Å². The minimum absolute atomic E-state index is 0.385. The van der Waals surface area contributed by atoms with Gasteiger partial charge in [0.25, 0.3) is 0 Å². The summed E-state index contributed by atoms with van der Waals surface area (Å²) in [4.78, 5) is 0. The van der Waals surface area contributed by atoms with Crippen LogP contribution < -0.4 is 0 Å². The van der Waals surface area contributed by atoms with Crippen LogP contribution in [0.3, 0.4) is 0 Å². The van der Waals surface area contributed by atoms with Crippen LogP contribution in [0.2, 0.25) is 0 Å². The van der Waals surface area contributed by atoms with Crippen LogP contribution in [0, 0.1) is 5.92 Å². The summed E-state index contributed by atoms with van der Waals surface area (Å²) in [5, 5.41) is 8.72. The van der Waals surface area contributed by atoms with Crippen LogP contribution in [-0.4, -0.2) is 11.7 Å². The minimum atomic E-state index is 0.385. The Morgan fingerprint density at radius 3 is 2.08 bits per heavy atom. The van der Waals surface area contributed by atoms with Gasteiger partial charge in [-0.25, -0.2) is 0 Å². The van der Waals surface area contributed by atoms with Crippen molar-refractivity contribution in [2.75, 3.05) is 6.61 Å². The van der Waals surface area contributed by atoms with Crippen LogP contribution in [0.25, 0.3) is 0 Å². The molecule has 0 saturated heterocycles. The van der Waals surface area contributed by atoms with E-state index in [1.807, 2.05) is 0 Å². The molecule has 0 amide bonds. The van der Waals surface area contributed by atoms with Gasteiger partial charge in [-0.2, -0.15) is 0 Å². The Bertz CT molecular complexity index is 90.4. The third-order valence-corrected chi connectivity index (χ3v) is 3.00. The van der Waals surface area contributed by atoms with Crippen molar-refractivity contribution in [2.45, 2.75) is 57.8 Å². The third kappa shape index (κ3) is 4.10. The molecule has 0 aromatic rings. The maximum atomic E-state index is 8.72. The van der Waals surface area contributed by atoms with Gasteiger partial charge in [-0.05, 0) is 18.8 Å². The Balaban J connectivity index is 2.11. The number of aliphatic hydroxyl groups excluding tert-OH is 1. The molecule has 1 nitrogen and oxygen atoms in total. The normalized spacial score (nSPS) is 21.8. The predicted molar refractivity (Wildman–Crippen MR) is 52.1 cm³/mol. The maximum Gasteiger partial charge on any atom is 0.0431 e. The van der Waals surface area contributed by atoms with E-state index in [9.17, 15) is 0 Å². The van der Waals surface area contributed by atoms with Crippen molar-refractivity contribution in [1.82, 2.24) is 0 Å². The molecule has 1 rings (SSSR count). The smallest absolute Gasteiger partial charge is 0.0431 e. The molecule has 0 aliphatic heterocycles. The number of rotatable bonds is 3. The molecule has 0 spiro atoms. The summed E-state index contributed by atoms with van der Waals surface area (Å²) >= 11 is 0. The lowest BCUT2D eigenvalue weighted by molar-refractivity contribution is 0.258. The van der Waals surface area contributed by atoms with Crippen molar-refractivity contribution in [3.05, 3.63) is 0 Å². The first-order valence-corrected chi connectivity index (χ1v) is 5.54. The largest absolute Gasteiger partial charge is 0.396 e. The van der Waals surface area contributed by atoms with E-state index in [4.69, 9.17) is 5.11 Å². The molecular formula is C11H22O. The fourth-order valence-corrected chi connectivity index (χ4v) is 2.21. The molecule has 1 heteroatoms. The van der Waals surface area contributed by atoms with Gasteiger partial charge in [0.05, 0.1) is 0 Å². The lowest BCUT2D eigenvalue weighted by atomic mass is 9.88. The Labute approximate surface area is 76.2 Å². The van der Waals surface area contributed by atoms with Crippen LogP contribution >= 0.6 is 0 Å². The highest BCUT2D eigenvalue weighted by molar-refractivity contribution is 4.63. The van der Waals surface area contributed by atoms with Gasteiger partial charge < -0.3 is 5.11 Å². The van der Waals surface area contributed by atoms with E-state index < -0.39 is 0 Å². The van der Waals surface area contributed by atoms with Crippen molar-refractivity contribution in [3.63, 3.8) is 0 Å². The zero-order valence-electron chi connectivity index (χ0n) is 8.10. The highest BCUT2D eigenvalue weighted by Crippen LogP contribution is 2.25. The summed E-state index contributed by atoms with van der Waals surface area (Å²) in [7, 11) is 0. The topological polar surface area (TPSA) is 20.2 Å². The van der Waals surface area contributed by atoms with E-state index in [0.717, 1.165) is 12.3 Å². The molecule has 0 aromatic heterocycles. The molecule has 72 valence electrons. The summed E-state index contributed by atoms with van der Waals surface area (Å²) in [6, 6.07) is 0. The van der Waals surface area contributed by atoms with Gasteiger partial charge >= 0.3 is 0 Å². The van der Waals surface area contributed by atoms with Crippen molar-refractivity contribution in [1.29, 1.82) is 0 Å². The molecule has 0 heterocycles. The van der Waals surface area contributed by atoms with Crippen molar-refractivity contribution >= 4 is 0 Å². The van der Waals surface area contributed by atoms with Gasteiger partial charge in [0.15, 0.2) is 0 Å². The average Bonchev–Trinajstić information content (AvgIpc) is 2.02. The zero-order chi connectivity index (χ0) is 8.65. The van der Waals surface area contributed by atoms with Gasteiger partial charge in [0.1, 0.15) is 0 Å². The third-order valence-electron chi connectivity index (χ3n) is 3.00. The van der Waals surface area contributed by atoms with Gasteiger partial charge in [-0.3, -0.25) is 0 Å². The average molecular weight is 170 g/mol. The molecule has 12 heavy (non-hydrogen) atoms. The molecular weight excluding hydrogens is 148 g/mol. The van der Waals surface area contributed by atoms with E-state index in [1.165, 1.54) is 51.4 Å². The first-order chi connectivity index (χ1) is 5.93. The standard InChI is InChI=1S/C11H22O/c12-10-6-9-11-7-4-2-1-3-5-8-11/h11-12H,1-10H2. The molecule has 0 bridgehead atoms. The van der Waals surface area contributed by atoms with Crippen molar-refractivity contribution in [2.24, 2.45) is 5.92 Å². The summed E-state index contributed by atoms with van der Waals surface area (Å²) in [5.41, 5.74) is 0. The second-order valence-electron chi connectivity index (χ2n) is 4.08. The van der Waals surface area contributed by atoms with Crippen LogP contribution in [0.15, 0.2) is 0 Å². The molecule has 0 unspecified atom stereocenters. The first-order valence-electron chi connectivity index (χ1n) is 5.54. The quantitative estimate of drug-likeness (QED) is 0.690. The van der Waals surface area contributed by atoms with E-state index in [-0.39, 0.29) is 0 Å². The monoisotopic (exact) mass is 170 g/mol. The summed E-state index contributed by atoms with van der Waals surface area (Å²) in [6.45, 7) is 0.385. The van der Waals surface area contributed by atoms with E-state index in [1.54, 1.807) is 0 Å². The molecule has 1 N–H and O–H groups in total. The van der Waals surface area contributed by atoms with E-state index >= 15 is 0 Å². The SMILES string of the molecule is OCCCC1CCCCCCC1. The van der Waals surface area contributed by atoms with Gasteiger partial charge in [-0.1, -0.05) is 44.9 Å². The first kappa shape index (κ1) is 10.0. The molecule has 0 radical (unpaired) electrons. The fraction of sp³-hybridized carbons (Fsp3) is 1.00. The molecule has 1 aliphatic rings. The number of hydrogen-bond acceptors (Lipinski definition) is 1. The second-order valence-corrected chi connectivity index (χ2v) is 4.08. The lowest BCUT2D eigenvalue weighted by Crippen LogP contribution is -2.04. The minimum Gasteiger partial charge on any atom is -0.396 e. The number of aliphatic hydroxyl groups is 1. The van der Waals surface area contributed by atoms with Crippen LogP contribution in [0.1, 0.15) is 57.8 Å². The Hall–Kier alpha value is -0.0400. The Morgan fingerprint density at radius 1 is 0.917 bits per heavy atom. The van der Waals surface area contributed by atoms with E-state index in [0.29, 0.717) is 6.61 Å². The molecule has 0 atom stereocenters. The summed E-state index contributed by atoms with van der Waals surface area (Å²) in [5.74, 6) is 0.928. The number of hydrogen-bond donors (Lipinski definition) is 1. The van der Waals surface area contributed by atoms with Crippen molar-refractivity contribution < 1.29 is 5.11 Å². The zero-order valence-corrected chi connectivity index (χ0v) is 8.10. The highest BCUT2D eigenvalue weighted by Gasteiger charge is 2.10. The molecule has 1 fully saturated rings. The maximum absolute atomic E-state index is 8.72. The Morgan fingerprint density at radius 2 is 1.50 bits per heavy atom. The highest BCUT2D eigenvalue weighted by atomic mass is 16.2. The molecule has 0 aromatic carbocycles. The van der Waals surface area contributed by atoms with Gasteiger partial charge in [0, 0.05) is 6.61 Å². The van der Waals surface area contributed by atoms with Gasteiger partial charge in [-0.15, -0.1) is 0 Å². The fourth-order valence-electron chi connectivity index (χ4n) is 2.21. The van der Waals surface area contributed by atoms with E-state index in [2.05, 4.69) is 0 Å². The predicted octanol–water partition coefficient (Wildman–Crippen LogP) is 3.12. The molecule has 1 saturated carbocycles. The van der Waals surface area contributed by atoms with Gasteiger partial charge in [0.2, 0.25) is 0 Å². The summed E-state index contributed by atoms with van der Waals surface area (Å²) < 4.78 is 0. The summed E-state index contributed by atoms with van der Waals surface area (Å²) in [6.07, 6.45) is 12.3. The second kappa shape index (κ2) is 6.47. The Kier molecular flexibility index (Phi) is 5.42. The lowest BCUT2D eigenvalue weighted by Gasteiger charge is -2.18. The van der Waals surface area contributed by atoms with Crippen LogP contribution in [0.5, 0.6) is 0 Å².